The maximum Gasteiger partial charge on any atom is 0.185 e. The number of Topliss-reactive ketones (excluding diaryl/α,β-unsaturated/α-hetero) is 1. The molecule has 0 heterocycles. The van der Waals surface area contributed by atoms with Gasteiger partial charge in [0.25, 0.3) is 0 Å². The van der Waals surface area contributed by atoms with Gasteiger partial charge in [0.1, 0.15) is 5.71 Å². The molecule has 2 bridgehead atoms. The van der Waals surface area contributed by atoms with Crippen LogP contribution < -0.4 is 5.43 Å². The minimum Gasteiger partial charge on any atom is -0.292 e. The van der Waals surface area contributed by atoms with Gasteiger partial charge in [0.05, 0.1) is 5.69 Å². The summed E-state index contributed by atoms with van der Waals surface area (Å²) >= 11 is 3.40. The molecule has 0 radical (unpaired) electrons. The van der Waals surface area contributed by atoms with Gasteiger partial charge in [-0.05, 0) is 42.5 Å². The highest BCUT2D eigenvalue weighted by atomic mass is 79.9. The van der Waals surface area contributed by atoms with Crippen molar-refractivity contribution in [1.82, 2.24) is 0 Å². The number of hydrogen-bond acceptors (Lipinski definition) is 3. The Labute approximate surface area is 128 Å². The summed E-state index contributed by atoms with van der Waals surface area (Å²) in [5.74, 6) is 0.506. The summed E-state index contributed by atoms with van der Waals surface area (Å²) in [6, 6.07) is 7.80. The number of nitrogens with one attached hydrogen (secondary N) is 1. The molecule has 1 aromatic carbocycles. The van der Waals surface area contributed by atoms with Crippen molar-refractivity contribution in [2.45, 2.75) is 33.6 Å². The largest absolute Gasteiger partial charge is 0.292 e. The zero-order valence-corrected chi connectivity index (χ0v) is 13.6. The molecule has 106 valence electrons. The fourth-order valence-corrected chi connectivity index (χ4v) is 3.87. The van der Waals surface area contributed by atoms with Crippen LogP contribution in [0.3, 0.4) is 0 Å². The zero-order chi connectivity index (χ0) is 14.5. The molecule has 20 heavy (non-hydrogen) atoms. The van der Waals surface area contributed by atoms with E-state index in [0.717, 1.165) is 28.7 Å². The van der Waals surface area contributed by atoms with Gasteiger partial charge >= 0.3 is 0 Å². The summed E-state index contributed by atoms with van der Waals surface area (Å²) in [6.07, 6.45) is 2.05. The smallest absolute Gasteiger partial charge is 0.185 e. The van der Waals surface area contributed by atoms with Crippen molar-refractivity contribution in [3.63, 3.8) is 0 Å². The summed E-state index contributed by atoms with van der Waals surface area (Å²) in [4.78, 5) is 12.6. The normalized spacial score (nSPS) is 32.9. The van der Waals surface area contributed by atoms with Crippen molar-refractivity contribution < 1.29 is 4.79 Å². The number of carbonyl (C=O) groups is 1. The van der Waals surface area contributed by atoms with E-state index in [9.17, 15) is 4.79 Å². The number of ketones is 1. The molecular weight excluding hydrogens is 316 g/mol. The first-order chi connectivity index (χ1) is 9.36. The molecule has 3 nitrogen and oxygen atoms in total. The number of halogens is 1. The SMILES string of the molecule is CC1(C)[C@@H]2CC[C@]1(C)C(=O)/C2=N\Nc1ccc(Br)cc1. The van der Waals surface area contributed by atoms with Crippen molar-refractivity contribution in [2.24, 2.45) is 21.8 Å². The van der Waals surface area contributed by atoms with Crippen LogP contribution in [0.15, 0.2) is 33.8 Å². The first-order valence-corrected chi connectivity index (χ1v) is 7.79. The lowest BCUT2D eigenvalue weighted by Gasteiger charge is -2.31. The Morgan fingerprint density at radius 3 is 2.45 bits per heavy atom. The van der Waals surface area contributed by atoms with E-state index in [1.165, 1.54) is 0 Å². The van der Waals surface area contributed by atoms with Gasteiger partial charge in [-0.25, -0.2) is 0 Å². The van der Waals surface area contributed by atoms with Crippen LogP contribution in [0, 0.1) is 16.7 Å². The molecule has 0 unspecified atom stereocenters. The second-order valence-electron chi connectivity index (χ2n) is 6.59. The molecule has 2 aliphatic carbocycles. The highest BCUT2D eigenvalue weighted by molar-refractivity contribution is 9.10. The maximum atomic E-state index is 12.6. The minimum absolute atomic E-state index is 0.0182. The third-order valence-corrected chi connectivity index (χ3v) is 5.97. The van der Waals surface area contributed by atoms with E-state index >= 15 is 0 Å². The molecule has 2 aliphatic rings. The summed E-state index contributed by atoms with van der Waals surface area (Å²) in [5.41, 5.74) is 4.44. The Hall–Kier alpha value is -1.16. The van der Waals surface area contributed by atoms with E-state index in [2.05, 4.69) is 47.2 Å². The molecule has 0 amide bonds. The van der Waals surface area contributed by atoms with Crippen LogP contribution in [0.5, 0.6) is 0 Å². The van der Waals surface area contributed by atoms with Crippen LogP contribution in [0.25, 0.3) is 0 Å². The van der Waals surface area contributed by atoms with Gasteiger partial charge in [-0.15, -0.1) is 0 Å². The Bertz CT molecular complexity index is 591. The van der Waals surface area contributed by atoms with Gasteiger partial charge in [0.15, 0.2) is 5.78 Å². The number of fused-ring (bicyclic) bond motifs is 2. The standard InChI is InChI=1S/C16H19BrN2O/c1-15(2)12-8-9-16(15,3)14(20)13(12)19-18-11-6-4-10(17)5-7-11/h4-7,12,18H,8-9H2,1-3H3/b19-13-/t12-,16-/m1/s1. The molecule has 2 fully saturated rings. The van der Waals surface area contributed by atoms with E-state index < -0.39 is 0 Å². The number of hydrazone groups is 1. The third kappa shape index (κ3) is 1.77. The summed E-state index contributed by atoms with van der Waals surface area (Å²) in [6.45, 7) is 6.49. The maximum absolute atomic E-state index is 12.6. The monoisotopic (exact) mass is 334 g/mol. The Morgan fingerprint density at radius 2 is 1.90 bits per heavy atom. The van der Waals surface area contributed by atoms with Gasteiger partial charge in [-0.1, -0.05) is 36.7 Å². The number of rotatable bonds is 2. The zero-order valence-electron chi connectivity index (χ0n) is 12.0. The van der Waals surface area contributed by atoms with Crippen LogP contribution in [-0.2, 0) is 4.79 Å². The minimum atomic E-state index is -0.238. The van der Waals surface area contributed by atoms with E-state index in [1.54, 1.807) is 0 Å². The number of nitrogens with zero attached hydrogens (tertiary/aromatic N) is 1. The average molecular weight is 335 g/mol. The predicted octanol–water partition coefficient (Wildman–Crippen LogP) is 4.24. The second kappa shape index (κ2) is 4.42. The van der Waals surface area contributed by atoms with Crippen molar-refractivity contribution in [3.05, 3.63) is 28.7 Å². The predicted molar refractivity (Wildman–Crippen MR) is 84.8 cm³/mol. The molecule has 2 atom stereocenters. The number of carbonyl (C=O) groups excluding carboxylic acids is 1. The fraction of sp³-hybridized carbons (Fsp3) is 0.500. The molecule has 2 saturated carbocycles. The highest BCUT2D eigenvalue weighted by Gasteiger charge is 2.65. The topological polar surface area (TPSA) is 41.5 Å². The van der Waals surface area contributed by atoms with E-state index in [0.29, 0.717) is 0 Å². The van der Waals surface area contributed by atoms with Gasteiger partial charge in [-0.2, -0.15) is 5.10 Å². The summed E-state index contributed by atoms with van der Waals surface area (Å²) in [7, 11) is 0. The molecule has 0 aromatic heterocycles. The first-order valence-electron chi connectivity index (χ1n) is 7.00. The highest BCUT2D eigenvalue weighted by Crippen LogP contribution is 2.62. The molecule has 0 aliphatic heterocycles. The average Bonchev–Trinajstić information content (AvgIpc) is 2.71. The quantitative estimate of drug-likeness (QED) is 0.821. The summed E-state index contributed by atoms with van der Waals surface area (Å²) < 4.78 is 1.03. The van der Waals surface area contributed by atoms with Gasteiger partial charge in [0.2, 0.25) is 0 Å². The molecule has 1 aromatic rings. The molecule has 3 rings (SSSR count). The Kier molecular flexibility index (Phi) is 3.05. The lowest BCUT2D eigenvalue weighted by molar-refractivity contribution is -0.123. The van der Waals surface area contributed by atoms with E-state index in [-0.39, 0.29) is 22.5 Å². The van der Waals surface area contributed by atoms with Gasteiger partial charge in [-0.3, -0.25) is 10.2 Å². The van der Waals surface area contributed by atoms with Crippen molar-refractivity contribution in [1.29, 1.82) is 0 Å². The molecule has 0 spiro atoms. The van der Waals surface area contributed by atoms with Crippen LogP contribution in [-0.4, -0.2) is 11.5 Å². The third-order valence-electron chi connectivity index (χ3n) is 5.44. The van der Waals surface area contributed by atoms with Crippen LogP contribution in [0.4, 0.5) is 5.69 Å². The molecule has 4 heteroatoms. The summed E-state index contributed by atoms with van der Waals surface area (Å²) in [5, 5.41) is 4.43. The van der Waals surface area contributed by atoms with Crippen molar-refractivity contribution >= 4 is 33.1 Å². The van der Waals surface area contributed by atoms with E-state index in [1.807, 2.05) is 24.3 Å². The van der Waals surface area contributed by atoms with Crippen molar-refractivity contribution in [2.75, 3.05) is 5.43 Å². The van der Waals surface area contributed by atoms with Crippen molar-refractivity contribution in [3.8, 4) is 0 Å². The second-order valence-corrected chi connectivity index (χ2v) is 7.51. The first kappa shape index (κ1) is 13.8. The number of anilines is 1. The molecule has 0 saturated heterocycles. The van der Waals surface area contributed by atoms with Crippen LogP contribution in [0.1, 0.15) is 33.6 Å². The van der Waals surface area contributed by atoms with Crippen LogP contribution >= 0.6 is 15.9 Å². The van der Waals surface area contributed by atoms with Gasteiger partial charge < -0.3 is 0 Å². The van der Waals surface area contributed by atoms with Crippen LogP contribution in [0.2, 0.25) is 0 Å². The van der Waals surface area contributed by atoms with E-state index in [4.69, 9.17) is 0 Å². The molecule has 1 N–H and O–H groups in total. The fourth-order valence-electron chi connectivity index (χ4n) is 3.60. The lowest BCUT2D eigenvalue weighted by Crippen LogP contribution is -2.33. The molecular formula is C16H19BrN2O. The Morgan fingerprint density at radius 1 is 1.25 bits per heavy atom. The lowest BCUT2D eigenvalue weighted by atomic mass is 9.70. The number of benzene rings is 1. The van der Waals surface area contributed by atoms with Gasteiger partial charge in [0, 0.05) is 15.8 Å². The Balaban J connectivity index is 1.87. The number of hydrogen-bond donors (Lipinski definition) is 1.